The summed E-state index contributed by atoms with van der Waals surface area (Å²) in [5.74, 6) is -8.47. The first kappa shape index (κ1) is 38.5. The molecule has 4 aliphatic rings. The zero-order valence-corrected chi connectivity index (χ0v) is 33.7. The van der Waals surface area contributed by atoms with Gasteiger partial charge in [0.25, 0.3) is 11.8 Å². The Bertz CT molecular complexity index is 2460. The average molecular weight is 925 g/mol. The molecule has 0 bridgehead atoms. The van der Waals surface area contributed by atoms with Crippen LogP contribution in [-0.2, 0) is 24.6 Å². The van der Waals surface area contributed by atoms with Gasteiger partial charge in [0, 0.05) is 17.0 Å². The minimum absolute atomic E-state index is 0.00329. The number of imide groups is 2. The van der Waals surface area contributed by atoms with E-state index in [1.54, 1.807) is 48.5 Å². The molecule has 292 valence electrons. The van der Waals surface area contributed by atoms with Crippen LogP contribution in [0.4, 0.5) is 11.4 Å². The third kappa shape index (κ3) is 5.82. The van der Waals surface area contributed by atoms with E-state index in [2.05, 4.69) is 5.43 Å². The van der Waals surface area contributed by atoms with Crippen molar-refractivity contribution in [3.05, 3.63) is 115 Å². The van der Waals surface area contributed by atoms with Crippen LogP contribution in [0.15, 0.2) is 84.4 Å². The van der Waals surface area contributed by atoms with Gasteiger partial charge in [-0.3, -0.25) is 24.6 Å². The van der Waals surface area contributed by atoms with Crippen LogP contribution in [0.3, 0.4) is 0 Å². The second-order valence-corrected chi connectivity index (χ2v) is 16.3. The number of benzene rings is 4. The minimum atomic E-state index is -1.65. The molecule has 2 saturated heterocycles. The topological polar surface area (TPSA) is 183 Å². The lowest BCUT2D eigenvalue weighted by atomic mass is 9.49. The number of amides is 4. The number of aromatic hydroxyl groups is 2. The normalized spacial score (nSPS) is 25.1. The standard InChI is InChI=1S/C41H32Cl2IN3O10/c1-56-22-7-3-19(4-8-22)41-27(37(51)47(40(41)55)45-30-12-5-20(42)15-28(30)43)17-26-23(34(41)18-13-29(44)35(49)32(14-18)57-2)10-11-25-33(26)38(52)46(36(25)50)21-6-9-24(39(53)54)31(48)16-21/h3-10,12-16,25-27,33-34,45,48-49H,11,17H2,1-2H3,(H,53,54)/t25-,26+,27-,33-,34-,41+/m0/s1. The second kappa shape index (κ2) is 14.3. The summed E-state index contributed by atoms with van der Waals surface area (Å²) >= 11 is 14.7. The Labute approximate surface area is 348 Å². The number of hydrogen-bond acceptors (Lipinski definition) is 10. The van der Waals surface area contributed by atoms with E-state index in [-0.39, 0.29) is 40.7 Å². The molecule has 1 saturated carbocycles. The second-order valence-electron chi connectivity index (χ2n) is 14.3. The lowest BCUT2D eigenvalue weighted by Gasteiger charge is -2.50. The molecule has 6 atom stereocenters. The average Bonchev–Trinajstić information content (AvgIpc) is 3.57. The van der Waals surface area contributed by atoms with E-state index in [0.717, 1.165) is 22.0 Å². The molecule has 0 unspecified atom stereocenters. The zero-order valence-electron chi connectivity index (χ0n) is 30.0. The van der Waals surface area contributed by atoms with Crippen molar-refractivity contribution in [2.75, 3.05) is 24.5 Å². The van der Waals surface area contributed by atoms with Crippen LogP contribution >= 0.6 is 45.8 Å². The fourth-order valence-corrected chi connectivity index (χ4v) is 10.3. The summed E-state index contributed by atoms with van der Waals surface area (Å²) < 4.78 is 11.5. The summed E-state index contributed by atoms with van der Waals surface area (Å²) in [5.41, 5.74) is 2.79. The molecule has 4 amide bonds. The number of fused-ring (bicyclic) bond motifs is 4. The van der Waals surface area contributed by atoms with Gasteiger partial charge >= 0.3 is 5.97 Å². The van der Waals surface area contributed by atoms with Crippen molar-refractivity contribution >= 4 is 86.8 Å². The molecule has 0 spiro atoms. The number of ether oxygens (including phenoxy) is 2. The van der Waals surface area contributed by atoms with Crippen molar-refractivity contribution in [2.24, 2.45) is 23.7 Å². The fourth-order valence-electron chi connectivity index (χ4n) is 9.23. The number of halogens is 3. The smallest absolute Gasteiger partial charge is 0.339 e. The molecular formula is C41H32Cl2IN3O10. The van der Waals surface area contributed by atoms with Crippen LogP contribution < -0.4 is 19.8 Å². The van der Waals surface area contributed by atoms with Crippen LogP contribution in [0.1, 0.15) is 40.2 Å². The monoisotopic (exact) mass is 923 g/mol. The number of hydrazine groups is 1. The first-order chi connectivity index (χ1) is 27.2. The van der Waals surface area contributed by atoms with Crippen LogP contribution in [0.2, 0.25) is 10.0 Å². The molecule has 8 rings (SSSR count). The van der Waals surface area contributed by atoms with Crippen LogP contribution in [0.25, 0.3) is 0 Å². The van der Waals surface area contributed by atoms with Gasteiger partial charge < -0.3 is 24.8 Å². The number of anilines is 2. The summed E-state index contributed by atoms with van der Waals surface area (Å²) in [6.07, 6.45) is 1.95. The predicted molar refractivity (Wildman–Crippen MR) is 216 cm³/mol. The summed E-state index contributed by atoms with van der Waals surface area (Å²) in [7, 11) is 2.91. The first-order valence-electron chi connectivity index (χ1n) is 17.7. The molecule has 2 aliphatic carbocycles. The maximum atomic E-state index is 15.5. The van der Waals surface area contributed by atoms with Gasteiger partial charge in [0.1, 0.15) is 17.1 Å². The van der Waals surface area contributed by atoms with Gasteiger partial charge in [-0.25, -0.2) is 9.69 Å². The Morgan fingerprint density at radius 2 is 1.63 bits per heavy atom. The summed E-state index contributed by atoms with van der Waals surface area (Å²) in [6.45, 7) is 0. The Kier molecular flexibility index (Phi) is 9.64. The quantitative estimate of drug-likeness (QED) is 0.0819. The van der Waals surface area contributed by atoms with Crippen molar-refractivity contribution in [1.82, 2.24) is 5.01 Å². The van der Waals surface area contributed by atoms with E-state index >= 15 is 9.59 Å². The lowest BCUT2D eigenvalue weighted by Crippen LogP contribution is -2.53. The van der Waals surface area contributed by atoms with Gasteiger partial charge in [-0.2, -0.15) is 5.01 Å². The molecule has 3 fully saturated rings. The molecule has 16 heteroatoms. The highest BCUT2D eigenvalue weighted by Gasteiger charge is 2.70. The van der Waals surface area contributed by atoms with Gasteiger partial charge in [-0.1, -0.05) is 47.0 Å². The summed E-state index contributed by atoms with van der Waals surface area (Å²) in [6, 6.07) is 18.2. The number of phenols is 2. The molecule has 4 aromatic carbocycles. The van der Waals surface area contributed by atoms with Gasteiger partial charge in [0.05, 0.1) is 57.4 Å². The Balaban J connectivity index is 1.33. The van der Waals surface area contributed by atoms with E-state index in [1.807, 2.05) is 28.7 Å². The number of carbonyl (C=O) groups is 5. The molecule has 0 aromatic heterocycles. The molecule has 57 heavy (non-hydrogen) atoms. The maximum Gasteiger partial charge on any atom is 0.339 e. The SMILES string of the molecule is COc1ccc([C@@]23C(=O)N(Nc4ccc(Cl)cc4Cl)C(=O)[C@@H]2C[C@@H]2C(=CC[C@@H]4C(=O)N(c5ccc(C(=O)O)c(O)c5)C(=O)[C@@H]42)[C@@H]3c2cc(I)c(O)c(OC)c2)cc1. The molecule has 2 aliphatic heterocycles. The number of phenolic OH excluding ortho intramolecular Hbond substituents is 1. The number of carboxylic acid groups (broad SMARTS) is 1. The van der Waals surface area contributed by atoms with Crippen molar-refractivity contribution in [2.45, 2.75) is 24.2 Å². The van der Waals surface area contributed by atoms with Crippen LogP contribution in [0.5, 0.6) is 23.0 Å². The predicted octanol–water partition coefficient (Wildman–Crippen LogP) is 6.91. The number of nitrogens with zero attached hydrogens (tertiary/aromatic N) is 2. The van der Waals surface area contributed by atoms with Crippen molar-refractivity contribution < 1.29 is 48.8 Å². The van der Waals surface area contributed by atoms with Crippen LogP contribution in [-0.4, -0.2) is 64.1 Å². The molecule has 13 nitrogen and oxygen atoms in total. The van der Waals surface area contributed by atoms with Gasteiger partial charge in [-0.15, -0.1) is 0 Å². The highest BCUT2D eigenvalue weighted by atomic mass is 127. The number of nitrogens with one attached hydrogen (secondary N) is 1. The molecule has 4 aromatic rings. The number of hydrogen-bond donors (Lipinski definition) is 4. The highest BCUT2D eigenvalue weighted by molar-refractivity contribution is 14.1. The molecule has 2 heterocycles. The van der Waals surface area contributed by atoms with Crippen molar-refractivity contribution in [1.29, 1.82) is 0 Å². The van der Waals surface area contributed by atoms with E-state index in [9.17, 15) is 29.7 Å². The zero-order chi connectivity index (χ0) is 40.7. The summed E-state index contributed by atoms with van der Waals surface area (Å²) in [5, 5.41) is 32.4. The Hall–Kier alpha value is -5.32. The van der Waals surface area contributed by atoms with Crippen LogP contribution in [0, 0.1) is 27.2 Å². The largest absolute Gasteiger partial charge is 0.507 e. The molecule has 0 radical (unpaired) electrons. The van der Waals surface area contributed by atoms with E-state index in [4.69, 9.17) is 32.7 Å². The number of carbonyl (C=O) groups excluding carboxylic acids is 4. The minimum Gasteiger partial charge on any atom is -0.507 e. The maximum absolute atomic E-state index is 15.5. The third-order valence-electron chi connectivity index (χ3n) is 11.7. The number of allylic oxidation sites excluding steroid dienone is 2. The Morgan fingerprint density at radius 3 is 2.28 bits per heavy atom. The Morgan fingerprint density at radius 1 is 0.895 bits per heavy atom. The van der Waals surface area contributed by atoms with Crippen molar-refractivity contribution in [3.8, 4) is 23.0 Å². The van der Waals surface area contributed by atoms with E-state index in [0.29, 0.717) is 31.0 Å². The summed E-state index contributed by atoms with van der Waals surface area (Å²) in [4.78, 5) is 71.8. The fraction of sp³-hybridized carbons (Fsp3) is 0.244. The molecular weight excluding hydrogens is 892 g/mol. The number of methoxy groups -OCH3 is 2. The molecule has 4 N–H and O–H groups in total. The van der Waals surface area contributed by atoms with E-state index in [1.165, 1.54) is 26.4 Å². The lowest BCUT2D eigenvalue weighted by molar-refractivity contribution is -0.138. The first-order valence-corrected chi connectivity index (χ1v) is 19.5. The van der Waals surface area contributed by atoms with Gasteiger partial charge in [0.2, 0.25) is 11.8 Å². The number of rotatable bonds is 8. The van der Waals surface area contributed by atoms with Gasteiger partial charge in [-0.05, 0) is 107 Å². The van der Waals surface area contributed by atoms with E-state index < -0.39 is 75.9 Å². The highest BCUT2D eigenvalue weighted by Crippen LogP contribution is 2.65. The van der Waals surface area contributed by atoms with Crippen molar-refractivity contribution in [3.63, 3.8) is 0 Å². The van der Waals surface area contributed by atoms with Gasteiger partial charge in [0.15, 0.2) is 11.5 Å². The number of carboxylic acids is 1. The number of aromatic carboxylic acids is 1. The third-order valence-corrected chi connectivity index (χ3v) is 13.0.